The second-order valence-corrected chi connectivity index (χ2v) is 23.1. The predicted octanol–water partition coefficient (Wildman–Crippen LogP) is 13.7. The monoisotopic (exact) mass is 1250 g/mol. The van der Waals surface area contributed by atoms with Crippen LogP contribution in [-0.2, 0) is 14.4 Å². The Morgan fingerprint density at radius 2 is 1.04 bits per heavy atom. The number of rotatable bonds is 13. The third kappa shape index (κ3) is 18.5. The highest BCUT2D eigenvalue weighted by atomic mass is 35.5. The summed E-state index contributed by atoms with van der Waals surface area (Å²) in [6.45, 7) is 8.48. The molecule has 4 fully saturated rings. The fourth-order valence-corrected chi connectivity index (χ4v) is 12.2. The summed E-state index contributed by atoms with van der Waals surface area (Å²) in [6, 6.07) is 27.4. The maximum absolute atomic E-state index is 12.7. The summed E-state index contributed by atoms with van der Waals surface area (Å²) in [4.78, 5) is 58.8. The van der Waals surface area contributed by atoms with Crippen LogP contribution in [0.4, 0.5) is 42.5 Å². The standard InChI is InChI=1S/C28H34Cl2N4O2.C21H31N3O.C7H3Cl2NO.C4F6O2/c29-25-6-5-21(16-26(25)30)32-28(36)34-11-7-19(8-12-34)15-22(18-35)33-13-9-20(10-14-33)24-17-31-27-4-2-1-3-23(24)27;25-15-18(13-16-5-9-22-10-6-16)24-11-7-17(8-12-24)20-14-23-21-4-2-1-3-19(20)21;8-6-2-1-5(10-4-11)3-7(6)9;5-3(6,7)1(11)2(12)4(8,9)10/h1-6,16-17,19-20,22,31,35H,7-15,18H2,(H,32,36);1-4,14,16-18,22-23,25H,5-13,15H2;1-3H;. The number of hydrogen-bond donors (Lipinski definition) is 6. The van der Waals surface area contributed by atoms with Gasteiger partial charge >= 0.3 is 30.0 Å². The maximum Gasteiger partial charge on any atom is 0.458 e. The third-order valence-electron chi connectivity index (χ3n) is 16.2. The Morgan fingerprint density at radius 3 is 1.46 bits per heavy atom. The van der Waals surface area contributed by atoms with E-state index in [0.717, 1.165) is 96.8 Å². The fourth-order valence-electron chi connectivity index (χ4n) is 11.6. The summed E-state index contributed by atoms with van der Waals surface area (Å²) in [7, 11) is 0. The summed E-state index contributed by atoms with van der Waals surface area (Å²) in [5, 5.41) is 30.9. The van der Waals surface area contributed by atoms with Crippen molar-refractivity contribution in [2.75, 3.05) is 70.9 Å². The number of ketones is 2. The van der Waals surface area contributed by atoms with Gasteiger partial charge in [0.15, 0.2) is 0 Å². The zero-order valence-corrected chi connectivity index (χ0v) is 49.0. The van der Waals surface area contributed by atoms with Crippen LogP contribution in [0.5, 0.6) is 0 Å². The van der Waals surface area contributed by atoms with Gasteiger partial charge in [-0.1, -0.05) is 82.8 Å². The first-order valence-corrected chi connectivity index (χ1v) is 29.5. The lowest BCUT2D eigenvalue weighted by Gasteiger charge is -2.40. The number of piperidine rings is 4. The number of para-hydroxylation sites is 2. The van der Waals surface area contributed by atoms with E-state index < -0.39 is 23.9 Å². The minimum absolute atomic E-state index is 0.107. The Balaban J connectivity index is 0.000000181. The van der Waals surface area contributed by atoms with Crippen LogP contribution in [0.2, 0.25) is 20.1 Å². The number of amides is 2. The number of Topliss-reactive ketones (excluding diaryl/α,β-unsaturated/α-hetero) is 2. The van der Waals surface area contributed by atoms with Crippen LogP contribution in [0.3, 0.4) is 0 Å². The normalized spacial score (nSPS) is 17.8. The van der Waals surface area contributed by atoms with Crippen LogP contribution < -0.4 is 10.6 Å². The number of fused-ring (bicyclic) bond motifs is 2. The molecule has 0 radical (unpaired) electrons. The van der Waals surface area contributed by atoms with Gasteiger partial charge in [0.05, 0.1) is 39.0 Å². The average molecular weight is 1250 g/mol. The van der Waals surface area contributed by atoms with Gasteiger partial charge in [-0.15, -0.1) is 0 Å². The van der Waals surface area contributed by atoms with Crippen LogP contribution in [0, 0.1) is 11.8 Å². The summed E-state index contributed by atoms with van der Waals surface area (Å²) in [6.07, 6.45) is 5.47. The van der Waals surface area contributed by atoms with Crippen LogP contribution in [0.25, 0.3) is 21.8 Å². The van der Waals surface area contributed by atoms with E-state index in [2.05, 4.69) is 96.3 Å². The lowest BCUT2D eigenvalue weighted by Crippen LogP contribution is -2.46. The highest BCUT2D eigenvalue weighted by Crippen LogP contribution is 2.37. The molecule has 14 nitrogen and oxygen atoms in total. The van der Waals surface area contributed by atoms with E-state index in [-0.39, 0.29) is 18.7 Å². The molecule has 2 unspecified atom stereocenters. The summed E-state index contributed by atoms with van der Waals surface area (Å²) >= 11 is 23.3. The number of H-pyrrole nitrogens is 2. The molecule has 0 bridgehead atoms. The molecule has 4 aliphatic heterocycles. The highest BCUT2D eigenvalue weighted by Gasteiger charge is 2.54. The number of anilines is 1. The number of nitrogens with zero attached hydrogens (tertiary/aromatic N) is 4. The molecular formula is C60H68Cl4F6N8O6. The number of aliphatic hydroxyl groups is 2. The zero-order chi connectivity index (χ0) is 60.6. The van der Waals surface area contributed by atoms with Crippen LogP contribution in [-0.4, -0.2) is 149 Å². The molecule has 6 N–H and O–H groups in total. The van der Waals surface area contributed by atoms with E-state index in [1.54, 1.807) is 30.3 Å². The number of benzene rings is 4. The van der Waals surface area contributed by atoms with E-state index in [1.165, 1.54) is 70.8 Å². The maximum atomic E-state index is 12.7. The highest BCUT2D eigenvalue weighted by molar-refractivity contribution is 6.43. The quantitative estimate of drug-likeness (QED) is 0.0283. The van der Waals surface area contributed by atoms with Crippen LogP contribution in [0.15, 0.2) is 102 Å². The van der Waals surface area contributed by atoms with Gasteiger partial charge in [0.2, 0.25) is 6.08 Å². The van der Waals surface area contributed by atoms with Gasteiger partial charge in [-0.2, -0.15) is 31.3 Å². The summed E-state index contributed by atoms with van der Waals surface area (Å²) in [5.74, 6) is -4.31. The molecule has 4 saturated heterocycles. The first-order chi connectivity index (χ1) is 40.2. The number of aromatic nitrogens is 2. The predicted molar refractivity (Wildman–Crippen MR) is 316 cm³/mol. The minimum atomic E-state index is -5.77. The molecule has 4 aromatic carbocycles. The minimum Gasteiger partial charge on any atom is -0.395 e. The number of hydrogen-bond acceptors (Lipinski definition) is 10. The molecule has 2 amide bonds. The lowest BCUT2D eigenvalue weighted by molar-refractivity contribution is -0.193. The largest absolute Gasteiger partial charge is 0.458 e. The molecule has 4 aliphatic rings. The Kier molecular flexibility index (Phi) is 24.5. The molecule has 84 heavy (non-hydrogen) atoms. The van der Waals surface area contributed by atoms with Gasteiger partial charge in [0, 0.05) is 65.1 Å². The van der Waals surface area contributed by atoms with Crippen molar-refractivity contribution in [3.8, 4) is 0 Å². The van der Waals surface area contributed by atoms with Crippen LogP contribution >= 0.6 is 46.4 Å². The molecule has 10 rings (SSSR count). The third-order valence-corrected chi connectivity index (χ3v) is 17.7. The van der Waals surface area contributed by atoms with Crippen molar-refractivity contribution in [3.63, 3.8) is 0 Å². The van der Waals surface area contributed by atoms with Crippen molar-refractivity contribution in [2.45, 2.75) is 100 Å². The number of aliphatic hydroxyl groups excluding tert-OH is 2. The number of alkyl halides is 6. The van der Waals surface area contributed by atoms with Crippen molar-refractivity contribution < 1.29 is 55.7 Å². The number of urea groups is 1. The smallest absolute Gasteiger partial charge is 0.395 e. The number of isocyanates is 1. The Morgan fingerprint density at radius 1 is 0.595 bits per heavy atom. The molecule has 6 heterocycles. The van der Waals surface area contributed by atoms with Gasteiger partial charge < -0.3 is 35.7 Å². The van der Waals surface area contributed by atoms with Crippen molar-refractivity contribution in [1.29, 1.82) is 0 Å². The second-order valence-electron chi connectivity index (χ2n) is 21.5. The van der Waals surface area contributed by atoms with E-state index in [9.17, 15) is 55.7 Å². The van der Waals surface area contributed by atoms with Crippen LogP contribution in [0.1, 0.15) is 87.2 Å². The SMILES string of the molecule is O=C(C(=O)C(F)(F)F)C(F)(F)F.O=C(Nc1ccc(Cl)c(Cl)c1)N1CCC(CC(CO)N2CCC(c3c[nH]c4ccccc34)CC2)CC1.O=C=Nc1ccc(Cl)c(Cl)c1.OCC(CC1CCNCC1)N1CCC(c2c[nH]c3ccccc23)CC1. The molecule has 2 atom stereocenters. The molecule has 2 aromatic heterocycles. The Hall–Kier alpha value is -5.51. The molecule has 0 spiro atoms. The molecule has 0 saturated carbocycles. The zero-order valence-electron chi connectivity index (χ0n) is 45.9. The molecule has 24 heteroatoms. The number of carbonyl (C=O) groups excluding carboxylic acids is 4. The van der Waals surface area contributed by atoms with E-state index in [4.69, 9.17) is 46.4 Å². The van der Waals surface area contributed by atoms with Gasteiger partial charge in [-0.3, -0.25) is 19.4 Å². The molecule has 454 valence electrons. The van der Waals surface area contributed by atoms with Crippen molar-refractivity contribution >= 4 is 103 Å². The van der Waals surface area contributed by atoms with E-state index in [1.807, 2.05) is 4.90 Å². The Bertz CT molecular complexity index is 3140. The summed E-state index contributed by atoms with van der Waals surface area (Å²) < 4.78 is 67.0. The van der Waals surface area contributed by atoms with Crippen molar-refractivity contribution in [1.82, 2.24) is 30.0 Å². The first kappa shape index (κ1) is 66.0. The van der Waals surface area contributed by atoms with Gasteiger partial charge in [0.1, 0.15) is 0 Å². The van der Waals surface area contributed by atoms with E-state index in [0.29, 0.717) is 61.9 Å². The second kappa shape index (κ2) is 31.2. The van der Waals surface area contributed by atoms with Gasteiger partial charge in [0.25, 0.3) is 0 Å². The first-order valence-electron chi connectivity index (χ1n) is 28.0. The van der Waals surface area contributed by atoms with Crippen molar-refractivity contribution in [2.24, 2.45) is 16.8 Å². The molecule has 6 aromatic rings. The number of halogens is 10. The molecule has 0 aliphatic carbocycles. The number of carbonyl (C=O) groups is 3. The van der Waals surface area contributed by atoms with E-state index >= 15 is 0 Å². The Labute approximate surface area is 503 Å². The topological polar surface area (TPSA) is 186 Å². The summed E-state index contributed by atoms with van der Waals surface area (Å²) in [5.41, 5.74) is 6.47. The van der Waals surface area contributed by atoms with Gasteiger partial charge in [-0.25, -0.2) is 9.59 Å². The number of aromatic amines is 2. The number of nitrogens with one attached hydrogen (secondary N) is 4. The molecular weight excluding hydrogens is 1180 g/mol. The lowest BCUT2D eigenvalue weighted by atomic mass is 9.86. The number of aliphatic imine (C=N–C) groups is 1. The fraction of sp³-hybridized carbons (Fsp3) is 0.467. The van der Waals surface area contributed by atoms with Gasteiger partial charge in [-0.05, 0) is 187 Å². The number of likely N-dealkylation sites (tertiary alicyclic amines) is 3. The average Bonchev–Trinajstić information content (AvgIpc) is 4.24. The van der Waals surface area contributed by atoms with Crippen molar-refractivity contribution in [3.05, 3.63) is 129 Å².